The molecule has 0 N–H and O–H groups in total. The molecule has 12 heterocycles. The zero-order chi connectivity index (χ0) is 117. The van der Waals surface area contributed by atoms with E-state index in [0.29, 0.717) is 150 Å². The second-order valence-electron chi connectivity index (χ2n) is 33.5. The topological polar surface area (TPSA) is 155 Å². The van der Waals surface area contributed by atoms with Crippen molar-refractivity contribution >= 4 is 66.2 Å². The van der Waals surface area contributed by atoms with E-state index >= 15 is 0 Å². The maximum absolute atomic E-state index is 9.28. The first-order chi connectivity index (χ1) is 77.7. The molecule has 3 aliphatic carbocycles. The third-order valence-electron chi connectivity index (χ3n) is 24.8. The fourth-order valence-corrected chi connectivity index (χ4v) is 17.6. The Morgan fingerprint density at radius 3 is 0.964 bits per heavy atom. The number of hydrogen-bond donors (Lipinski definition) is 0. The summed E-state index contributed by atoms with van der Waals surface area (Å²) in [7, 11) is 0. The van der Waals surface area contributed by atoms with Gasteiger partial charge in [0.15, 0.2) is 0 Å². The first kappa shape index (κ1) is 70.3. The van der Waals surface area contributed by atoms with E-state index in [1.54, 1.807) is 98.4 Å². The monoisotopic (exact) mass is 2390 g/mol. The Balaban J connectivity index is 0.000000144. The third kappa shape index (κ3) is 23.9. The zero-order valence-corrected chi connectivity index (χ0v) is 83.2. The van der Waals surface area contributed by atoms with Gasteiger partial charge in [0.05, 0.1) is 16.7 Å². The van der Waals surface area contributed by atoms with E-state index in [2.05, 4.69) is 81.3 Å². The molecule has 21 aromatic rings. The van der Waals surface area contributed by atoms with E-state index in [-0.39, 0.29) is 106 Å². The number of rotatable bonds is 12. The molecule has 0 unspecified atom stereocenters. The summed E-state index contributed by atoms with van der Waals surface area (Å²) in [6.45, 7) is -13.7. The van der Waals surface area contributed by atoms with Crippen molar-refractivity contribution in [2.24, 2.45) is 0 Å². The third-order valence-corrected chi connectivity index (χ3v) is 24.8. The molecule has 0 spiro atoms. The molecule has 0 amide bonds. The van der Waals surface area contributed by atoms with E-state index in [1.807, 2.05) is 188 Å². The second-order valence-corrected chi connectivity index (χ2v) is 33.5. The number of hydrogen-bond acceptors (Lipinski definition) is 12. The van der Waals surface area contributed by atoms with Gasteiger partial charge in [-0.1, -0.05) is 208 Å². The van der Waals surface area contributed by atoms with Crippen molar-refractivity contribution in [1.82, 2.24) is 44.9 Å². The van der Waals surface area contributed by atoms with Crippen LogP contribution in [0.3, 0.4) is 0 Å². The Labute approximate surface area is 900 Å². The first-order valence-electron chi connectivity index (χ1n) is 58.9. The van der Waals surface area contributed by atoms with Crippen LogP contribution in [0.4, 0.5) is 0 Å². The molecule has 24 rings (SSSR count). The van der Waals surface area contributed by atoms with Crippen LogP contribution in [0.15, 0.2) is 348 Å². The molecule has 0 atom stereocenters. The molecule has 12 aromatic heterocycles. The Kier molecular flexibility index (Phi) is 23.7. The standard InChI is InChI=1S/3C29H25N2O.2C13H12N.C12H10N.3Ir/c3*1-19-10-15-25-24-8-5-9-26(28(24)32-29(25)31-19)27-18-23(16-17-30-27)22-13-11-21(12-14-22)20-6-3-2-4-7-20;1-10-3-6-12(7-4-10)13-8-5-11(2)9-14-13;1-10-8-13(14-9-11(10)2)12-6-4-3-5-7-12;1-10-5-7-11(8-6-10)12-4-2-3-9-13-12;;;/h3*2-8,10,15-18,21-22H,11-14H2,1H3;2*3-6,8-9H,1-2H3;2-7,9H,1H3;;;/q6*-1;;;/i3*1D3,21D,22D;1D3,2D3;2D3;1D3;;;. The molecule has 0 aliphatic heterocycles. The number of aryl methyl sites for hydroxylation is 8. The minimum absolute atomic E-state index is 0. The molecule has 12 nitrogen and oxygen atoms in total. The fourth-order valence-electron chi connectivity index (χ4n) is 17.6. The van der Waals surface area contributed by atoms with Gasteiger partial charge in [0.25, 0.3) is 0 Å². The largest absolute Gasteiger partial charge is 0.486 e. The number of aromatic nitrogens is 9. The fraction of sp³-hybridized carbons (Fsp3) is 0.208. The Bertz CT molecular complexity index is 8290. The van der Waals surface area contributed by atoms with Crippen molar-refractivity contribution in [1.29, 1.82) is 0 Å². The zero-order valence-electron chi connectivity index (χ0n) is 103. The van der Waals surface area contributed by atoms with Crippen molar-refractivity contribution < 1.29 is 111 Å². The Hall–Kier alpha value is -13.3. The summed E-state index contributed by atoms with van der Waals surface area (Å²) < 4.78 is 229. The van der Waals surface area contributed by atoms with Crippen molar-refractivity contribution in [3.05, 3.63) is 449 Å². The van der Waals surface area contributed by atoms with E-state index < -0.39 is 83.3 Å². The molecule has 3 fully saturated rings. The summed E-state index contributed by atoms with van der Waals surface area (Å²) in [5.41, 5.74) is 17.9. The van der Waals surface area contributed by atoms with Gasteiger partial charge in [-0.3, -0.25) is 0 Å². The molecule has 9 aromatic carbocycles. The molecule has 0 saturated heterocycles. The second kappa shape index (κ2) is 47.1. The van der Waals surface area contributed by atoms with Gasteiger partial charge in [0, 0.05) is 168 Å². The van der Waals surface area contributed by atoms with Gasteiger partial charge in [-0.05, 0) is 276 Å². The summed E-state index contributed by atoms with van der Waals surface area (Å²) in [4.78, 5) is 38.9. The molecular weight excluding hydrogens is 2250 g/mol. The van der Waals surface area contributed by atoms with Gasteiger partial charge in [-0.15, -0.1) is 161 Å². The summed E-state index contributed by atoms with van der Waals surface area (Å²) in [5, 5.41) is 4.60. The minimum atomic E-state index is -2.32. The first-order valence-corrected chi connectivity index (χ1v) is 45.4. The van der Waals surface area contributed by atoms with Crippen molar-refractivity contribution in [2.75, 3.05) is 0 Å². The van der Waals surface area contributed by atoms with E-state index in [9.17, 15) is 4.11 Å². The summed E-state index contributed by atoms with van der Waals surface area (Å²) in [6.07, 6.45) is 16.7. The molecule has 3 saturated carbocycles. The summed E-state index contributed by atoms with van der Waals surface area (Å²) in [6, 6.07) is 108. The molecule has 15 heteroatoms. The molecule has 140 heavy (non-hydrogen) atoms. The van der Waals surface area contributed by atoms with Gasteiger partial charge in [0.1, 0.15) is 0 Å². The number of fused-ring (bicyclic) bond motifs is 9. The van der Waals surface area contributed by atoms with Gasteiger partial charge < -0.3 is 43.2 Å². The quantitative estimate of drug-likeness (QED) is 0.107. The Morgan fingerprint density at radius 2 is 0.629 bits per heavy atom. The average Bonchev–Trinajstić information content (AvgIpc) is 1.74. The molecule has 3 aliphatic rings. The molecular formula is C125H109Ir3N9O3-6. The van der Waals surface area contributed by atoms with Crippen molar-refractivity contribution in [2.45, 2.75) is 167 Å². The van der Waals surface area contributed by atoms with Crippen LogP contribution in [0.5, 0.6) is 0 Å². The maximum Gasteiger partial charge on any atom is 0.216 e. The Morgan fingerprint density at radius 1 is 0.264 bits per heavy atom. The number of benzene rings is 9. The van der Waals surface area contributed by atoms with Crippen molar-refractivity contribution in [3.63, 3.8) is 0 Å². The number of pyridine rings is 9. The van der Waals surface area contributed by atoms with Crippen LogP contribution < -0.4 is 0 Å². The van der Waals surface area contributed by atoms with E-state index in [0.717, 1.165) is 93.8 Å². The van der Waals surface area contributed by atoms with Gasteiger partial charge in [-0.25, -0.2) is 15.0 Å². The molecule has 3 radical (unpaired) electrons. The van der Waals surface area contributed by atoms with E-state index in [1.165, 1.54) is 54.9 Å². The number of furan rings is 3. The normalized spacial score (nSPS) is 22.5. The molecule has 705 valence electrons. The van der Waals surface area contributed by atoms with Crippen LogP contribution in [0, 0.1) is 91.3 Å². The van der Waals surface area contributed by atoms with Crippen LogP contribution in [0.2, 0.25) is 0 Å². The van der Waals surface area contributed by atoms with Gasteiger partial charge >= 0.3 is 0 Å². The average molecular weight is 2390 g/mol. The minimum Gasteiger partial charge on any atom is -0.486 e. The predicted molar refractivity (Wildman–Crippen MR) is 555 cm³/mol. The smallest absolute Gasteiger partial charge is 0.216 e. The van der Waals surface area contributed by atoms with E-state index in [4.69, 9.17) is 46.1 Å². The number of nitrogens with zero attached hydrogens (tertiary/aromatic N) is 9. The van der Waals surface area contributed by atoms with Crippen LogP contribution in [-0.4, -0.2) is 44.9 Å². The predicted octanol–water partition coefficient (Wildman–Crippen LogP) is 32.0. The SMILES string of the molecule is [2H]C([2H])([2H])c1c[c-]c(-c2ccc(C([2H])([2H])[2H])cn2)cc1.[2H]C([2H])([2H])c1c[c-]c(-c2ccccn2)cc1.[2H]C([2H])([2H])c1ccc2c(n1)oc1c(-c3cc(C4([2H])CCC([2H])(c5ccccc5)CC4)ccn3)[c-]ccc12.[2H]C([2H])([2H])c1ccc2c(n1)oc1c(-c3cc(C4([2H])CCC([2H])(c5ccccc5)CC4)ccn3)[c-]ccc12.[2H]C([2H])([2H])c1ccc2c(n1)oc1c(-c3cc(C4([2H])CCC([2H])(c5ccccc5)CC4)ccn3)[c-]ccc12.[2H]C([2H])([2H])c1cnc(-c2[c-]cccc2)cc1C.[Ir].[Ir].[Ir]. The van der Waals surface area contributed by atoms with Crippen LogP contribution in [0.1, 0.15) is 228 Å². The molecule has 0 bridgehead atoms. The maximum atomic E-state index is 9.28. The van der Waals surface area contributed by atoms with Gasteiger partial charge in [0.2, 0.25) is 17.1 Å². The summed E-state index contributed by atoms with van der Waals surface area (Å²) in [5.74, 6) is -4.44. The van der Waals surface area contributed by atoms with Crippen LogP contribution in [0.25, 0.3) is 134 Å². The van der Waals surface area contributed by atoms with Crippen molar-refractivity contribution in [3.8, 4) is 67.5 Å². The van der Waals surface area contributed by atoms with Crippen LogP contribution >= 0.6 is 0 Å². The summed E-state index contributed by atoms with van der Waals surface area (Å²) >= 11 is 0. The van der Waals surface area contributed by atoms with Crippen LogP contribution in [-0.2, 0) is 60.3 Å². The van der Waals surface area contributed by atoms with Gasteiger partial charge in [-0.2, -0.15) is 0 Å².